The Balaban J connectivity index is 1.87. The van der Waals surface area contributed by atoms with Gasteiger partial charge in [0.05, 0.1) is 10.6 Å². The normalized spacial score (nSPS) is 10.5. The van der Waals surface area contributed by atoms with Gasteiger partial charge in [0.2, 0.25) is 11.6 Å². The second-order valence-corrected chi connectivity index (χ2v) is 6.76. The highest BCUT2D eigenvalue weighted by Crippen LogP contribution is 2.32. The first kappa shape index (κ1) is 19.0. The zero-order valence-electron chi connectivity index (χ0n) is 13.6. The molecule has 0 unspecified atom stereocenters. The van der Waals surface area contributed by atoms with Crippen LogP contribution in [0.5, 0.6) is 0 Å². The topological polar surface area (TPSA) is 93.0 Å². The summed E-state index contributed by atoms with van der Waals surface area (Å²) in [4.78, 5) is 18.8. The zero-order valence-corrected chi connectivity index (χ0v) is 16.0. The average molecular weight is 453 g/mol. The molecule has 2 N–H and O–H groups in total. The fourth-order valence-electron chi connectivity index (χ4n) is 2.28. The van der Waals surface area contributed by atoms with Gasteiger partial charge in [-0.15, -0.1) is 0 Å². The molecule has 1 aromatic heterocycles. The van der Waals surface area contributed by atoms with Crippen LogP contribution in [0.4, 0.5) is 27.4 Å². The summed E-state index contributed by atoms with van der Waals surface area (Å²) in [6, 6.07) is 11.3. The van der Waals surface area contributed by atoms with Gasteiger partial charge in [0.1, 0.15) is 12.1 Å². The number of anilines is 3. The van der Waals surface area contributed by atoms with E-state index in [2.05, 4.69) is 36.5 Å². The van der Waals surface area contributed by atoms with Crippen molar-refractivity contribution in [1.29, 1.82) is 0 Å². The van der Waals surface area contributed by atoms with Crippen LogP contribution in [0.1, 0.15) is 5.56 Å². The Morgan fingerprint density at radius 2 is 1.85 bits per heavy atom. The Kier molecular flexibility index (Phi) is 5.82. The van der Waals surface area contributed by atoms with Crippen LogP contribution in [0.2, 0.25) is 5.02 Å². The average Bonchev–Trinajstić information content (AvgIpc) is 2.63. The number of benzene rings is 2. The molecule has 27 heavy (non-hydrogen) atoms. The maximum atomic E-state index is 14.0. The van der Waals surface area contributed by atoms with Gasteiger partial charge in [-0.1, -0.05) is 39.7 Å². The minimum atomic E-state index is -0.622. The zero-order chi connectivity index (χ0) is 19.4. The minimum Gasteiger partial charge on any atom is -0.360 e. The van der Waals surface area contributed by atoms with Crippen LogP contribution < -0.4 is 10.6 Å². The maximum Gasteiger partial charge on any atom is 0.353 e. The molecule has 0 atom stereocenters. The Morgan fingerprint density at radius 3 is 2.52 bits per heavy atom. The fraction of sp³-hybridized carbons (Fsp3) is 0.0588. The lowest BCUT2D eigenvalue weighted by atomic mass is 10.2. The molecule has 0 spiro atoms. The molecule has 0 bridgehead atoms. The van der Waals surface area contributed by atoms with Gasteiger partial charge in [-0.25, -0.2) is 14.4 Å². The van der Waals surface area contributed by atoms with Crippen molar-refractivity contribution in [3.05, 3.63) is 79.8 Å². The van der Waals surface area contributed by atoms with Crippen LogP contribution in [-0.4, -0.2) is 14.9 Å². The standard InChI is InChI=1S/C17H12BrClFN5O2/c18-11-3-6-14(13(20)7-11)24-17-15(25(26)27)16(22-9-23-17)21-8-10-1-4-12(19)5-2-10/h1-7,9H,8H2,(H2,21,22,23,24). The minimum absolute atomic E-state index is 0.0185. The van der Waals surface area contributed by atoms with Crippen molar-refractivity contribution in [2.75, 3.05) is 10.6 Å². The third-order valence-electron chi connectivity index (χ3n) is 3.56. The lowest BCUT2D eigenvalue weighted by molar-refractivity contribution is -0.383. The van der Waals surface area contributed by atoms with Gasteiger partial charge >= 0.3 is 5.69 Å². The van der Waals surface area contributed by atoms with Gasteiger partial charge in [-0.05, 0) is 35.9 Å². The highest BCUT2D eigenvalue weighted by molar-refractivity contribution is 9.10. The lowest BCUT2D eigenvalue weighted by Crippen LogP contribution is -2.08. The van der Waals surface area contributed by atoms with Crippen molar-refractivity contribution in [2.24, 2.45) is 0 Å². The molecule has 2 aromatic carbocycles. The molecule has 3 rings (SSSR count). The molecule has 1 heterocycles. The molecule has 0 aliphatic heterocycles. The summed E-state index contributed by atoms with van der Waals surface area (Å²) in [6.45, 7) is 0.293. The third kappa shape index (κ3) is 4.69. The number of nitrogens with one attached hydrogen (secondary N) is 2. The van der Waals surface area contributed by atoms with Crippen LogP contribution in [0, 0.1) is 15.9 Å². The van der Waals surface area contributed by atoms with E-state index in [9.17, 15) is 14.5 Å². The van der Waals surface area contributed by atoms with Crippen LogP contribution >= 0.6 is 27.5 Å². The Morgan fingerprint density at radius 1 is 1.15 bits per heavy atom. The van der Waals surface area contributed by atoms with Gasteiger partial charge in [0, 0.05) is 16.0 Å². The first-order valence-electron chi connectivity index (χ1n) is 7.64. The molecule has 138 valence electrons. The summed E-state index contributed by atoms with van der Waals surface area (Å²) in [6.07, 6.45) is 1.16. The molecular formula is C17H12BrClFN5O2. The van der Waals surface area contributed by atoms with Crippen LogP contribution in [0.25, 0.3) is 0 Å². The molecule has 0 saturated carbocycles. The predicted octanol–water partition coefficient (Wildman–Crippen LogP) is 5.30. The van der Waals surface area contributed by atoms with Crippen molar-refractivity contribution >= 4 is 50.5 Å². The van der Waals surface area contributed by atoms with Crippen LogP contribution in [-0.2, 0) is 6.54 Å². The molecule has 3 aromatic rings. The van der Waals surface area contributed by atoms with E-state index < -0.39 is 10.7 Å². The molecule has 10 heteroatoms. The molecule has 0 amide bonds. The first-order chi connectivity index (χ1) is 12.9. The first-order valence-corrected chi connectivity index (χ1v) is 8.81. The molecule has 0 fully saturated rings. The van der Waals surface area contributed by atoms with Gasteiger partial charge in [0.25, 0.3) is 0 Å². The molecular weight excluding hydrogens is 441 g/mol. The number of nitro groups is 1. The van der Waals surface area contributed by atoms with E-state index in [1.807, 2.05) is 0 Å². The van der Waals surface area contributed by atoms with E-state index in [-0.39, 0.29) is 23.0 Å². The molecule has 0 aliphatic rings. The van der Waals surface area contributed by atoms with E-state index in [4.69, 9.17) is 11.6 Å². The highest BCUT2D eigenvalue weighted by Gasteiger charge is 2.23. The lowest BCUT2D eigenvalue weighted by Gasteiger charge is -2.11. The Labute approximate surface area is 166 Å². The van der Waals surface area contributed by atoms with Gasteiger partial charge in [0.15, 0.2) is 0 Å². The van der Waals surface area contributed by atoms with Gasteiger partial charge in [-0.2, -0.15) is 0 Å². The van der Waals surface area contributed by atoms with E-state index in [0.29, 0.717) is 16.0 Å². The van der Waals surface area contributed by atoms with E-state index >= 15 is 0 Å². The summed E-state index contributed by atoms with van der Waals surface area (Å²) in [5.74, 6) is -0.673. The summed E-state index contributed by atoms with van der Waals surface area (Å²) >= 11 is 9.00. The van der Waals surface area contributed by atoms with Crippen LogP contribution in [0.3, 0.4) is 0 Å². The number of rotatable bonds is 6. The second kappa shape index (κ2) is 8.28. The second-order valence-electron chi connectivity index (χ2n) is 5.41. The Bertz CT molecular complexity index is 988. The number of aromatic nitrogens is 2. The predicted molar refractivity (Wildman–Crippen MR) is 105 cm³/mol. The number of nitrogens with zero attached hydrogens (tertiary/aromatic N) is 3. The SMILES string of the molecule is O=[N+]([O-])c1c(NCc2ccc(Cl)cc2)ncnc1Nc1ccc(Br)cc1F. The summed E-state index contributed by atoms with van der Waals surface area (Å²) in [5, 5.41) is 17.7. The van der Waals surface area contributed by atoms with E-state index in [1.165, 1.54) is 12.1 Å². The van der Waals surface area contributed by atoms with Crippen molar-refractivity contribution in [3.63, 3.8) is 0 Å². The number of hydrogen-bond donors (Lipinski definition) is 2. The Hall–Kier alpha value is -2.78. The van der Waals surface area contributed by atoms with E-state index in [0.717, 1.165) is 11.9 Å². The van der Waals surface area contributed by atoms with Gasteiger partial charge < -0.3 is 10.6 Å². The molecule has 0 aliphatic carbocycles. The number of hydrogen-bond acceptors (Lipinski definition) is 6. The molecule has 0 radical (unpaired) electrons. The maximum absolute atomic E-state index is 14.0. The van der Waals surface area contributed by atoms with Crippen molar-refractivity contribution in [2.45, 2.75) is 6.54 Å². The van der Waals surface area contributed by atoms with Gasteiger partial charge in [-0.3, -0.25) is 10.1 Å². The number of halogens is 3. The monoisotopic (exact) mass is 451 g/mol. The summed E-state index contributed by atoms with van der Waals surface area (Å²) in [7, 11) is 0. The van der Waals surface area contributed by atoms with Crippen molar-refractivity contribution in [1.82, 2.24) is 9.97 Å². The molecule has 0 saturated heterocycles. The highest BCUT2D eigenvalue weighted by atomic mass is 79.9. The summed E-state index contributed by atoms with van der Waals surface area (Å²) in [5.41, 5.74) is 0.540. The smallest absolute Gasteiger partial charge is 0.353 e. The molecule has 7 nitrogen and oxygen atoms in total. The summed E-state index contributed by atoms with van der Waals surface area (Å²) < 4.78 is 14.6. The van der Waals surface area contributed by atoms with Crippen LogP contribution in [0.15, 0.2) is 53.3 Å². The largest absolute Gasteiger partial charge is 0.360 e. The quantitative estimate of drug-likeness (QED) is 0.390. The van der Waals surface area contributed by atoms with E-state index in [1.54, 1.807) is 30.3 Å². The fourth-order valence-corrected chi connectivity index (χ4v) is 2.74. The van der Waals surface area contributed by atoms with Crippen molar-refractivity contribution in [3.8, 4) is 0 Å². The van der Waals surface area contributed by atoms with Crippen molar-refractivity contribution < 1.29 is 9.31 Å². The third-order valence-corrected chi connectivity index (χ3v) is 4.31.